The van der Waals surface area contributed by atoms with Gasteiger partial charge in [0.25, 0.3) is 0 Å². The van der Waals surface area contributed by atoms with Gasteiger partial charge in [-0.1, -0.05) is 11.6 Å². The van der Waals surface area contributed by atoms with E-state index in [1.54, 1.807) is 12.1 Å². The maximum atomic E-state index is 11.0. The summed E-state index contributed by atoms with van der Waals surface area (Å²) in [6.45, 7) is 0. The van der Waals surface area contributed by atoms with E-state index in [9.17, 15) is 20.1 Å². The lowest BCUT2D eigenvalue weighted by Gasteiger charge is -2.37. The van der Waals surface area contributed by atoms with Gasteiger partial charge < -0.3 is 34.3 Å². The molecule has 10 heteroatoms. The first-order valence-electron chi connectivity index (χ1n) is 6.52. The van der Waals surface area contributed by atoms with E-state index in [1.807, 2.05) is 0 Å². The lowest BCUT2D eigenvalue weighted by molar-refractivity contribution is -0.274. The van der Waals surface area contributed by atoms with Gasteiger partial charge in [0.2, 0.25) is 6.29 Å². The molecular weight excluding hydrogens is 334 g/mol. The minimum atomic E-state index is -1.80. The molecule has 1 aliphatic rings. The van der Waals surface area contributed by atoms with Gasteiger partial charge in [0.1, 0.15) is 23.8 Å². The largest absolute Gasteiger partial charge is 0.479 e. The van der Waals surface area contributed by atoms with Crippen LogP contribution >= 0.6 is 11.6 Å². The summed E-state index contributed by atoms with van der Waals surface area (Å²) in [4.78, 5) is 15.0. The molecule has 2 aromatic rings. The first-order valence-corrected chi connectivity index (χ1v) is 6.90. The zero-order valence-electron chi connectivity index (χ0n) is 11.4. The van der Waals surface area contributed by atoms with Gasteiger partial charge in [0, 0.05) is 5.02 Å². The van der Waals surface area contributed by atoms with E-state index in [0.29, 0.717) is 16.1 Å². The van der Waals surface area contributed by atoms with Crippen LogP contribution in [0.15, 0.2) is 22.6 Å². The molecule has 23 heavy (non-hydrogen) atoms. The van der Waals surface area contributed by atoms with Crippen LogP contribution in [-0.2, 0) is 9.53 Å². The number of aromatic nitrogens is 1. The fourth-order valence-corrected chi connectivity index (χ4v) is 2.34. The third-order valence-electron chi connectivity index (χ3n) is 3.36. The van der Waals surface area contributed by atoms with Gasteiger partial charge in [0.15, 0.2) is 11.7 Å². The number of aliphatic hydroxyl groups is 3. The Balaban J connectivity index is 1.83. The molecule has 1 saturated heterocycles. The number of rotatable bonds is 3. The minimum absolute atomic E-state index is 0.306. The third-order valence-corrected chi connectivity index (χ3v) is 3.60. The number of ether oxygens (including phenoxy) is 2. The van der Waals surface area contributed by atoms with Crippen LogP contribution in [0, 0.1) is 0 Å². The van der Waals surface area contributed by atoms with Gasteiger partial charge in [-0.3, -0.25) is 0 Å². The Bertz CT molecular complexity index is 734. The van der Waals surface area contributed by atoms with Crippen LogP contribution in [0.5, 0.6) is 6.08 Å². The quantitative estimate of drug-likeness (QED) is 0.592. The van der Waals surface area contributed by atoms with Gasteiger partial charge in [-0.25, -0.2) is 4.79 Å². The Morgan fingerprint density at radius 1 is 1.22 bits per heavy atom. The van der Waals surface area contributed by atoms with Gasteiger partial charge in [0.05, 0.1) is 0 Å². The molecule has 0 bridgehead atoms. The number of carbonyl (C=O) groups is 1. The average molecular weight is 346 g/mol. The second-order valence-corrected chi connectivity index (χ2v) is 5.38. The summed E-state index contributed by atoms with van der Waals surface area (Å²) < 4.78 is 15.4. The predicted molar refractivity (Wildman–Crippen MR) is 74.0 cm³/mol. The third kappa shape index (κ3) is 2.96. The SMILES string of the molecule is O=C(O)[C@H]1O[C@@H](Oc2nc3cc(Cl)ccc3o2)[C@H](O)[C@@H](O)[C@@H]1O. The Hall–Kier alpha value is -1.91. The number of hydrogen-bond acceptors (Lipinski definition) is 8. The number of hydrogen-bond donors (Lipinski definition) is 4. The summed E-state index contributed by atoms with van der Waals surface area (Å²) in [5.41, 5.74) is 0.734. The second-order valence-electron chi connectivity index (χ2n) is 4.94. The number of halogens is 1. The lowest BCUT2D eigenvalue weighted by atomic mass is 9.99. The number of fused-ring (bicyclic) bond motifs is 1. The highest BCUT2D eigenvalue weighted by atomic mass is 35.5. The van der Waals surface area contributed by atoms with Crippen molar-refractivity contribution < 1.29 is 39.1 Å². The van der Waals surface area contributed by atoms with Crippen LogP contribution in [-0.4, -0.2) is 62.1 Å². The monoisotopic (exact) mass is 345 g/mol. The fourth-order valence-electron chi connectivity index (χ4n) is 2.18. The Morgan fingerprint density at radius 3 is 2.65 bits per heavy atom. The van der Waals surface area contributed by atoms with E-state index in [0.717, 1.165) is 0 Å². The molecule has 1 fully saturated rings. The number of nitrogens with zero attached hydrogens (tertiary/aromatic N) is 1. The molecule has 0 radical (unpaired) electrons. The highest BCUT2D eigenvalue weighted by molar-refractivity contribution is 6.31. The van der Waals surface area contributed by atoms with Crippen LogP contribution in [0.25, 0.3) is 11.1 Å². The van der Waals surface area contributed by atoms with Crippen molar-refractivity contribution in [2.75, 3.05) is 0 Å². The molecule has 1 aliphatic heterocycles. The molecule has 1 aromatic carbocycles. The van der Waals surface area contributed by atoms with Gasteiger partial charge in [-0.05, 0) is 18.2 Å². The van der Waals surface area contributed by atoms with Gasteiger partial charge in [-0.2, -0.15) is 4.98 Å². The maximum absolute atomic E-state index is 11.0. The zero-order chi connectivity index (χ0) is 16.7. The number of aliphatic hydroxyl groups excluding tert-OH is 3. The summed E-state index contributed by atoms with van der Waals surface area (Å²) in [7, 11) is 0. The van der Waals surface area contributed by atoms with Crippen molar-refractivity contribution in [2.45, 2.75) is 30.7 Å². The molecule has 0 aliphatic carbocycles. The minimum Gasteiger partial charge on any atom is -0.479 e. The standard InChI is InChI=1S/C13H12ClNO8/c14-4-1-2-6-5(3-4)15-13(21-6)23-12-9(18)7(16)8(17)10(22-12)11(19)20/h1-3,7-10,12,16-18H,(H,19,20)/t7-,8-,9+,10-,12-/m0/s1. The van der Waals surface area contributed by atoms with E-state index >= 15 is 0 Å². The Kier molecular flexibility index (Phi) is 4.13. The number of aliphatic carboxylic acids is 1. The second kappa shape index (κ2) is 5.95. The maximum Gasteiger partial charge on any atom is 0.397 e. The molecule has 0 saturated carbocycles. The first kappa shape index (κ1) is 16.0. The van der Waals surface area contributed by atoms with Crippen molar-refractivity contribution in [1.82, 2.24) is 4.98 Å². The van der Waals surface area contributed by atoms with E-state index < -0.39 is 36.7 Å². The highest BCUT2D eigenvalue weighted by Crippen LogP contribution is 2.27. The molecule has 0 amide bonds. The normalized spacial score (nSPS) is 31.2. The van der Waals surface area contributed by atoms with Gasteiger partial charge in [-0.15, -0.1) is 0 Å². The Morgan fingerprint density at radius 2 is 1.96 bits per heavy atom. The number of carboxylic acid groups (broad SMARTS) is 1. The van der Waals surface area contributed by atoms with Crippen molar-refractivity contribution in [3.8, 4) is 6.08 Å². The van der Waals surface area contributed by atoms with E-state index in [2.05, 4.69) is 4.98 Å². The topological polar surface area (TPSA) is 142 Å². The molecule has 124 valence electrons. The molecule has 5 atom stereocenters. The van der Waals surface area contributed by atoms with Crippen molar-refractivity contribution in [1.29, 1.82) is 0 Å². The average Bonchev–Trinajstić information content (AvgIpc) is 2.88. The molecule has 2 heterocycles. The first-order chi connectivity index (χ1) is 10.9. The lowest BCUT2D eigenvalue weighted by Crippen LogP contribution is -2.61. The zero-order valence-corrected chi connectivity index (χ0v) is 12.1. The summed E-state index contributed by atoms with van der Waals surface area (Å²) in [6.07, 6.45) is -8.92. The summed E-state index contributed by atoms with van der Waals surface area (Å²) in [5, 5.41) is 38.5. The molecule has 0 spiro atoms. The highest BCUT2D eigenvalue weighted by Gasteiger charge is 2.48. The van der Waals surface area contributed by atoms with Crippen molar-refractivity contribution >= 4 is 28.7 Å². The van der Waals surface area contributed by atoms with E-state index in [-0.39, 0.29) is 6.08 Å². The molecular formula is C13H12ClNO8. The molecule has 4 N–H and O–H groups in total. The van der Waals surface area contributed by atoms with Crippen molar-refractivity contribution in [3.63, 3.8) is 0 Å². The van der Waals surface area contributed by atoms with Crippen LogP contribution in [0.3, 0.4) is 0 Å². The summed E-state index contributed by atoms with van der Waals surface area (Å²) >= 11 is 5.82. The van der Waals surface area contributed by atoms with Gasteiger partial charge >= 0.3 is 12.0 Å². The summed E-state index contributed by atoms with van der Waals surface area (Å²) in [5.74, 6) is -1.51. The predicted octanol–water partition coefficient (Wildman–Crippen LogP) is -0.248. The Labute approximate surface area is 133 Å². The molecule has 9 nitrogen and oxygen atoms in total. The van der Waals surface area contributed by atoms with Crippen LogP contribution < -0.4 is 4.74 Å². The van der Waals surface area contributed by atoms with Crippen LogP contribution in [0.2, 0.25) is 5.02 Å². The molecule has 0 unspecified atom stereocenters. The fraction of sp³-hybridized carbons (Fsp3) is 0.385. The van der Waals surface area contributed by atoms with E-state index in [4.69, 9.17) is 30.6 Å². The van der Waals surface area contributed by atoms with Crippen molar-refractivity contribution in [3.05, 3.63) is 23.2 Å². The molecule has 1 aromatic heterocycles. The van der Waals surface area contributed by atoms with Crippen molar-refractivity contribution in [2.24, 2.45) is 0 Å². The van der Waals surface area contributed by atoms with Crippen LogP contribution in [0.1, 0.15) is 0 Å². The number of oxazole rings is 1. The summed E-state index contributed by atoms with van der Waals surface area (Å²) in [6, 6.07) is 4.64. The van der Waals surface area contributed by atoms with E-state index in [1.165, 1.54) is 6.07 Å². The van der Waals surface area contributed by atoms with Crippen LogP contribution in [0.4, 0.5) is 0 Å². The smallest absolute Gasteiger partial charge is 0.397 e. The number of carboxylic acids is 1. The number of benzene rings is 1. The molecule has 3 rings (SSSR count).